The molecule has 0 aliphatic heterocycles. The summed E-state index contributed by atoms with van der Waals surface area (Å²) < 4.78 is 13.4. The molecule has 0 saturated carbocycles. The number of aromatic nitrogens is 1. The molecule has 0 aliphatic rings. The summed E-state index contributed by atoms with van der Waals surface area (Å²) in [6.07, 6.45) is 1.28. The molecule has 0 unspecified atom stereocenters. The quantitative estimate of drug-likeness (QED) is 0.875. The lowest BCUT2D eigenvalue weighted by molar-refractivity contribution is 0.102. The number of nitrogens with zero attached hydrogens (tertiary/aromatic N) is 1. The Labute approximate surface area is 113 Å². The zero-order chi connectivity index (χ0) is 14.7. The van der Waals surface area contributed by atoms with Crippen LogP contribution in [0.3, 0.4) is 0 Å². The topological polar surface area (TPSA) is 85.8 Å². The first-order chi connectivity index (χ1) is 9.52. The maximum Gasteiger partial charge on any atom is 0.261 e. The fraction of sp³-hybridized carbons (Fsp3) is 0.0714. The number of hydrogen-bond acceptors (Lipinski definition) is 3. The molecule has 2 N–H and O–H groups in total. The maximum atomic E-state index is 13.4. The standard InChI is InChI=1S/C14H10FN3O2/c1-8-5-13(19)10(7-17-8)14(20)18-12-4-2-3-11(15)9(12)6-16/h2-5,7H,1H3,(H,17,19)(H,18,20). The van der Waals surface area contributed by atoms with Crippen molar-refractivity contribution in [2.75, 3.05) is 5.32 Å². The number of carbonyl (C=O) groups is 1. The van der Waals surface area contributed by atoms with E-state index in [9.17, 15) is 14.0 Å². The van der Waals surface area contributed by atoms with Crippen LogP contribution in [0, 0.1) is 24.1 Å². The maximum absolute atomic E-state index is 13.4. The van der Waals surface area contributed by atoms with Crippen LogP contribution < -0.4 is 10.7 Å². The highest BCUT2D eigenvalue weighted by molar-refractivity contribution is 6.04. The van der Waals surface area contributed by atoms with Crippen LogP contribution >= 0.6 is 0 Å². The van der Waals surface area contributed by atoms with Gasteiger partial charge in [-0.05, 0) is 19.1 Å². The minimum absolute atomic E-state index is 0.0254. The number of nitrogens with one attached hydrogen (secondary N) is 2. The van der Waals surface area contributed by atoms with Gasteiger partial charge in [-0.25, -0.2) is 4.39 Å². The molecule has 0 bridgehead atoms. The molecular formula is C14H10FN3O2. The van der Waals surface area contributed by atoms with Crippen LogP contribution in [0.4, 0.5) is 10.1 Å². The lowest BCUT2D eigenvalue weighted by Crippen LogP contribution is -2.22. The smallest absolute Gasteiger partial charge is 0.261 e. The van der Waals surface area contributed by atoms with Crippen LogP contribution in [0.2, 0.25) is 0 Å². The van der Waals surface area contributed by atoms with Gasteiger partial charge in [0.25, 0.3) is 5.91 Å². The molecular weight excluding hydrogens is 261 g/mol. The minimum atomic E-state index is -0.733. The molecule has 6 heteroatoms. The Hall–Kier alpha value is -2.94. The summed E-state index contributed by atoms with van der Waals surface area (Å²) in [5, 5.41) is 11.2. The second-order valence-electron chi connectivity index (χ2n) is 4.12. The number of carbonyl (C=O) groups excluding carboxylic acids is 1. The molecule has 1 aromatic heterocycles. The Morgan fingerprint density at radius 1 is 1.45 bits per heavy atom. The molecule has 2 aromatic rings. The van der Waals surface area contributed by atoms with Crippen molar-refractivity contribution in [3.05, 3.63) is 63.3 Å². The van der Waals surface area contributed by atoms with E-state index < -0.39 is 17.2 Å². The second-order valence-corrected chi connectivity index (χ2v) is 4.12. The molecule has 0 saturated heterocycles. The van der Waals surface area contributed by atoms with Crippen molar-refractivity contribution in [3.8, 4) is 6.07 Å². The van der Waals surface area contributed by atoms with Gasteiger partial charge in [-0.1, -0.05) is 6.07 Å². The molecule has 1 heterocycles. The Kier molecular flexibility index (Phi) is 3.62. The van der Waals surface area contributed by atoms with Gasteiger partial charge in [0.05, 0.1) is 5.69 Å². The summed E-state index contributed by atoms with van der Waals surface area (Å²) in [4.78, 5) is 26.4. The van der Waals surface area contributed by atoms with E-state index in [-0.39, 0.29) is 16.8 Å². The Bertz CT molecular complexity index is 775. The zero-order valence-corrected chi connectivity index (χ0v) is 10.5. The van der Waals surface area contributed by atoms with Gasteiger partial charge in [0.1, 0.15) is 23.0 Å². The van der Waals surface area contributed by atoms with Crippen molar-refractivity contribution in [2.24, 2.45) is 0 Å². The predicted molar refractivity (Wildman–Crippen MR) is 70.9 cm³/mol. The number of anilines is 1. The fourth-order valence-corrected chi connectivity index (χ4v) is 1.68. The molecule has 1 aromatic carbocycles. The number of hydrogen-bond donors (Lipinski definition) is 2. The van der Waals surface area contributed by atoms with Crippen molar-refractivity contribution < 1.29 is 9.18 Å². The average molecular weight is 271 g/mol. The third kappa shape index (κ3) is 2.57. The van der Waals surface area contributed by atoms with Crippen LogP contribution in [0.5, 0.6) is 0 Å². The van der Waals surface area contributed by atoms with E-state index in [0.717, 1.165) is 6.07 Å². The van der Waals surface area contributed by atoms with Crippen LogP contribution in [-0.2, 0) is 0 Å². The number of benzene rings is 1. The largest absolute Gasteiger partial charge is 0.364 e. The number of nitriles is 1. The summed E-state index contributed by atoms with van der Waals surface area (Å²) in [5.41, 5.74) is -0.186. The average Bonchev–Trinajstić information content (AvgIpc) is 2.38. The second kappa shape index (κ2) is 5.36. The number of H-pyrrole nitrogens is 1. The van der Waals surface area contributed by atoms with E-state index in [4.69, 9.17) is 5.26 Å². The van der Waals surface area contributed by atoms with Crippen LogP contribution in [0.1, 0.15) is 21.6 Å². The summed E-state index contributed by atoms with van der Waals surface area (Å²) in [6, 6.07) is 6.83. The van der Waals surface area contributed by atoms with Gasteiger partial charge in [-0.15, -0.1) is 0 Å². The number of amides is 1. The van der Waals surface area contributed by atoms with Crippen LogP contribution in [-0.4, -0.2) is 10.9 Å². The van der Waals surface area contributed by atoms with E-state index in [1.165, 1.54) is 24.4 Å². The zero-order valence-electron chi connectivity index (χ0n) is 10.5. The summed E-state index contributed by atoms with van der Waals surface area (Å²) >= 11 is 0. The van der Waals surface area contributed by atoms with Gasteiger partial charge in [-0.3, -0.25) is 9.59 Å². The number of halogens is 1. The minimum Gasteiger partial charge on any atom is -0.364 e. The molecule has 20 heavy (non-hydrogen) atoms. The van der Waals surface area contributed by atoms with Crippen molar-refractivity contribution in [1.82, 2.24) is 4.98 Å². The van der Waals surface area contributed by atoms with E-state index in [1.54, 1.807) is 13.0 Å². The van der Waals surface area contributed by atoms with Crippen LogP contribution in [0.15, 0.2) is 35.3 Å². The van der Waals surface area contributed by atoms with Crippen molar-refractivity contribution >= 4 is 11.6 Å². The monoisotopic (exact) mass is 271 g/mol. The van der Waals surface area contributed by atoms with Gasteiger partial charge in [0.2, 0.25) is 0 Å². The highest BCUT2D eigenvalue weighted by Crippen LogP contribution is 2.18. The summed E-state index contributed by atoms with van der Waals surface area (Å²) in [7, 11) is 0. The normalized spacial score (nSPS) is 9.85. The lowest BCUT2D eigenvalue weighted by Gasteiger charge is -2.07. The highest BCUT2D eigenvalue weighted by atomic mass is 19.1. The number of aryl methyl sites for hydroxylation is 1. The van der Waals surface area contributed by atoms with Gasteiger partial charge in [0.15, 0.2) is 5.43 Å². The SMILES string of the molecule is Cc1cc(=O)c(C(=O)Nc2cccc(F)c2C#N)c[nH]1. The van der Waals surface area contributed by atoms with E-state index in [2.05, 4.69) is 10.3 Å². The molecule has 0 fully saturated rings. The first kappa shape index (κ1) is 13.5. The van der Waals surface area contributed by atoms with Gasteiger partial charge in [0, 0.05) is 18.0 Å². The third-order valence-corrected chi connectivity index (χ3v) is 2.68. The van der Waals surface area contributed by atoms with E-state index in [1.807, 2.05) is 0 Å². The first-order valence-corrected chi connectivity index (χ1v) is 5.72. The molecule has 2 rings (SSSR count). The summed E-state index contributed by atoms with van der Waals surface area (Å²) in [5.74, 6) is -1.43. The van der Waals surface area contributed by atoms with Crippen LogP contribution in [0.25, 0.3) is 0 Å². The Morgan fingerprint density at radius 2 is 2.20 bits per heavy atom. The first-order valence-electron chi connectivity index (χ1n) is 5.72. The number of aromatic amines is 1. The fourth-order valence-electron chi connectivity index (χ4n) is 1.68. The molecule has 5 nitrogen and oxygen atoms in total. The molecule has 0 atom stereocenters. The Balaban J connectivity index is 2.36. The predicted octanol–water partition coefficient (Wildman–Crippen LogP) is 1.95. The molecule has 100 valence electrons. The molecule has 0 aliphatic carbocycles. The van der Waals surface area contributed by atoms with Gasteiger partial charge in [-0.2, -0.15) is 5.26 Å². The lowest BCUT2D eigenvalue weighted by atomic mass is 10.1. The third-order valence-electron chi connectivity index (χ3n) is 2.68. The Morgan fingerprint density at radius 3 is 2.85 bits per heavy atom. The van der Waals surface area contributed by atoms with Crippen molar-refractivity contribution in [2.45, 2.75) is 6.92 Å². The van der Waals surface area contributed by atoms with E-state index in [0.29, 0.717) is 5.69 Å². The molecule has 0 radical (unpaired) electrons. The van der Waals surface area contributed by atoms with E-state index >= 15 is 0 Å². The molecule has 1 amide bonds. The van der Waals surface area contributed by atoms with Gasteiger partial charge < -0.3 is 10.3 Å². The summed E-state index contributed by atoms with van der Waals surface area (Å²) in [6.45, 7) is 1.68. The highest BCUT2D eigenvalue weighted by Gasteiger charge is 2.14. The number of pyridine rings is 1. The van der Waals surface area contributed by atoms with Crippen molar-refractivity contribution in [3.63, 3.8) is 0 Å². The van der Waals surface area contributed by atoms with Crippen molar-refractivity contribution in [1.29, 1.82) is 5.26 Å². The van der Waals surface area contributed by atoms with Gasteiger partial charge >= 0.3 is 0 Å². The molecule has 0 spiro atoms. The number of rotatable bonds is 2.